The summed E-state index contributed by atoms with van der Waals surface area (Å²) in [5.74, 6) is 0.526. The lowest BCUT2D eigenvalue weighted by molar-refractivity contribution is -0.173. The summed E-state index contributed by atoms with van der Waals surface area (Å²) in [7, 11) is 2.80. The topological polar surface area (TPSA) is 104 Å². The summed E-state index contributed by atoms with van der Waals surface area (Å²) >= 11 is 0. The molecule has 1 aliphatic carbocycles. The van der Waals surface area contributed by atoms with Gasteiger partial charge in [0.15, 0.2) is 23.2 Å². The van der Waals surface area contributed by atoms with Crippen molar-refractivity contribution in [2.75, 3.05) is 34.1 Å². The Hall–Kier alpha value is -2.78. The summed E-state index contributed by atoms with van der Waals surface area (Å²) in [4.78, 5) is 28.3. The van der Waals surface area contributed by atoms with Gasteiger partial charge < -0.3 is 28.8 Å². The van der Waals surface area contributed by atoms with E-state index < -0.39 is 30.1 Å². The molecule has 0 radical (unpaired) electrons. The van der Waals surface area contributed by atoms with Gasteiger partial charge in [0, 0.05) is 6.54 Å². The number of hydrogen-bond donors (Lipinski definition) is 1. The fourth-order valence-electron chi connectivity index (χ4n) is 6.50. The van der Waals surface area contributed by atoms with E-state index in [-0.39, 0.29) is 30.6 Å². The molecule has 0 bridgehead atoms. The van der Waals surface area contributed by atoms with Gasteiger partial charge in [-0.2, -0.15) is 0 Å². The predicted molar refractivity (Wildman–Crippen MR) is 133 cm³/mol. The van der Waals surface area contributed by atoms with Crippen LogP contribution in [0.1, 0.15) is 63.0 Å². The van der Waals surface area contributed by atoms with Crippen LogP contribution in [0.4, 0.5) is 0 Å². The van der Waals surface area contributed by atoms with E-state index in [1.54, 1.807) is 7.11 Å². The van der Waals surface area contributed by atoms with Gasteiger partial charge in [-0.3, -0.25) is 9.69 Å². The molecule has 0 amide bonds. The molecule has 1 aromatic carbocycles. The van der Waals surface area contributed by atoms with Crippen LogP contribution in [0.5, 0.6) is 11.5 Å². The third-order valence-corrected chi connectivity index (χ3v) is 8.36. The first-order chi connectivity index (χ1) is 17.7. The van der Waals surface area contributed by atoms with E-state index in [1.165, 1.54) is 7.11 Å². The molecule has 9 heteroatoms. The zero-order chi connectivity index (χ0) is 26.4. The predicted octanol–water partition coefficient (Wildman–Crippen LogP) is 3.08. The van der Waals surface area contributed by atoms with Crippen LogP contribution in [-0.4, -0.2) is 73.3 Å². The van der Waals surface area contributed by atoms with Gasteiger partial charge in [0.1, 0.15) is 5.76 Å². The van der Waals surface area contributed by atoms with Crippen molar-refractivity contribution < 1.29 is 38.4 Å². The Balaban J connectivity index is 1.48. The highest BCUT2D eigenvalue weighted by molar-refractivity contribution is 5.85. The van der Waals surface area contributed by atoms with Gasteiger partial charge in [-0.15, -0.1) is 0 Å². The van der Waals surface area contributed by atoms with Crippen molar-refractivity contribution in [3.63, 3.8) is 0 Å². The summed E-state index contributed by atoms with van der Waals surface area (Å²) in [6, 6.07) is 4.06. The molecule has 0 aromatic heterocycles. The maximum Gasteiger partial charge on any atom is 0.338 e. The van der Waals surface area contributed by atoms with E-state index in [9.17, 15) is 14.7 Å². The lowest BCUT2D eigenvalue weighted by atomic mass is 9.77. The number of carbonyl (C=O) groups excluding carboxylic acids is 2. The molecule has 1 N–H and O–H groups in total. The number of methoxy groups -OCH3 is 2. The van der Waals surface area contributed by atoms with E-state index in [0.29, 0.717) is 17.9 Å². The van der Waals surface area contributed by atoms with E-state index in [2.05, 4.69) is 11.0 Å². The number of hydrogen-bond acceptors (Lipinski definition) is 9. The minimum Gasteiger partial charge on any atom is -0.497 e. The molecule has 4 atom stereocenters. The van der Waals surface area contributed by atoms with Crippen molar-refractivity contribution in [3.8, 4) is 11.5 Å². The maximum absolute atomic E-state index is 13.4. The van der Waals surface area contributed by atoms with Crippen molar-refractivity contribution in [2.45, 2.75) is 75.5 Å². The van der Waals surface area contributed by atoms with Crippen LogP contribution in [-0.2, 0) is 30.2 Å². The Morgan fingerprint density at radius 1 is 1.22 bits per heavy atom. The van der Waals surface area contributed by atoms with Crippen molar-refractivity contribution in [2.24, 2.45) is 5.92 Å². The number of carbonyl (C=O) groups is 2. The van der Waals surface area contributed by atoms with Gasteiger partial charge in [0.05, 0.1) is 32.1 Å². The molecule has 0 unspecified atom stereocenters. The van der Waals surface area contributed by atoms with Crippen LogP contribution in [0.3, 0.4) is 0 Å². The molecule has 0 saturated carbocycles. The number of fused-ring (bicyclic) bond motifs is 3. The summed E-state index contributed by atoms with van der Waals surface area (Å²) in [6.07, 6.45) is 4.38. The molecule has 5 rings (SSSR count). The number of rotatable bonds is 8. The first-order valence-electron chi connectivity index (χ1n) is 13.2. The lowest BCUT2D eigenvalue weighted by Gasteiger charge is -2.39. The summed E-state index contributed by atoms with van der Waals surface area (Å²) < 4.78 is 28.1. The van der Waals surface area contributed by atoms with Crippen LogP contribution in [0.25, 0.3) is 0 Å². The molecular formula is C28H37NO8. The number of ether oxygens (including phenoxy) is 5. The minimum atomic E-state index is -1.95. The van der Waals surface area contributed by atoms with E-state index in [1.807, 2.05) is 26.0 Å². The van der Waals surface area contributed by atoms with Gasteiger partial charge in [0.25, 0.3) is 0 Å². The van der Waals surface area contributed by atoms with E-state index >= 15 is 0 Å². The highest BCUT2D eigenvalue weighted by Gasteiger charge is 2.58. The number of nitrogens with zero attached hydrogens (tertiary/aromatic N) is 1. The van der Waals surface area contributed by atoms with Crippen molar-refractivity contribution in [1.82, 2.24) is 4.90 Å². The van der Waals surface area contributed by atoms with Gasteiger partial charge in [-0.05, 0) is 73.9 Å². The fourth-order valence-corrected chi connectivity index (χ4v) is 6.50. The van der Waals surface area contributed by atoms with Crippen LogP contribution >= 0.6 is 0 Å². The van der Waals surface area contributed by atoms with Crippen molar-refractivity contribution in [3.05, 3.63) is 35.1 Å². The van der Waals surface area contributed by atoms with Gasteiger partial charge in [-0.25, -0.2) is 4.79 Å². The number of benzene rings is 1. The third-order valence-electron chi connectivity index (χ3n) is 8.36. The van der Waals surface area contributed by atoms with Crippen LogP contribution in [0.15, 0.2) is 24.0 Å². The fraction of sp³-hybridized carbons (Fsp3) is 0.643. The zero-order valence-corrected chi connectivity index (χ0v) is 22.1. The Labute approximate surface area is 217 Å². The molecule has 3 aliphatic heterocycles. The van der Waals surface area contributed by atoms with Gasteiger partial charge in [0.2, 0.25) is 6.79 Å². The van der Waals surface area contributed by atoms with E-state index in [4.69, 9.17) is 23.7 Å². The second-order valence-electron chi connectivity index (χ2n) is 11.0. The van der Waals surface area contributed by atoms with Gasteiger partial charge in [-0.1, -0.05) is 13.8 Å². The quantitative estimate of drug-likeness (QED) is 0.523. The third kappa shape index (κ3) is 4.46. The van der Waals surface area contributed by atoms with Crippen molar-refractivity contribution in [1.29, 1.82) is 0 Å². The van der Waals surface area contributed by atoms with Crippen LogP contribution < -0.4 is 9.47 Å². The highest BCUT2D eigenvalue weighted by atomic mass is 16.7. The standard InChI is InChI=1S/C28H37NO8/c1-17(2)6-9-28(32,26(31)34-4)15-23(30)37-25-22(33-3)14-27-8-5-10-29(27)11-7-18-12-20-21(36-16-35-20)13-19(18)24(25)27/h12-14,17,24-25,32H,5-11,15-16H2,1-4H3/t24-,25-,27+,28-/m1/s1. The molecule has 202 valence electrons. The summed E-state index contributed by atoms with van der Waals surface area (Å²) in [5.41, 5.74) is -0.114. The maximum atomic E-state index is 13.4. The summed E-state index contributed by atoms with van der Waals surface area (Å²) in [5, 5.41) is 11.1. The molecule has 1 saturated heterocycles. The number of esters is 2. The Kier molecular flexibility index (Phi) is 6.87. The van der Waals surface area contributed by atoms with Crippen LogP contribution in [0, 0.1) is 5.92 Å². The smallest absolute Gasteiger partial charge is 0.338 e. The first-order valence-corrected chi connectivity index (χ1v) is 13.2. The van der Waals surface area contributed by atoms with Crippen molar-refractivity contribution >= 4 is 11.9 Å². The Bertz CT molecular complexity index is 1100. The number of aliphatic hydroxyl groups is 1. The largest absolute Gasteiger partial charge is 0.497 e. The summed E-state index contributed by atoms with van der Waals surface area (Å²) in [6.45, 7) is 5.98. The van der Waals surface area contributed by atoms with Gasteiger partial charge >= 0.3 is 11.9 Å². The second-order valence-corrected chi connectivity index (χ2v) is 11.0. The SMILES string of the molecule is COC(=O)[C@@](O)(CCC(C)C)CC(=O)O[C@@H]1C(OC)=C[C@]23CCCN2CCc2cc4c(cc2[C@H]13)OCO4. The normalized spacial score (nSPS) is 27.5. The second kappa shape index (κ2) is 9.83. The molecule has 1 spiro atoms. The zero-order valence-electron chi connectivity index (χ0n) is 22.1. The lowest BCUT2D eigenvalue weighted by Crippen LogP contribution is -2.48. The first kappa shape index (κ1) is 25.9. The van der Waals surface area contributed by atoms with Crippen LogP contribution in [0.2, 0.25) is 0 Å². The molecule has 1 fully saturated rings. The molecular weight excluding hydrogens is 478 g/mol. The Morgan fingerprint density at radius 2 is 1.97 bits per heavy atom. The Morgan fingerprint density at radius 3 is 2.68 bits per heavy atom. The minimum absolute atomic E-state index is 0.109. The molecule has 3 heterocycles. The molecule has 1 aromatic rings. The highest BCUT2D eigenvalue weighted by Crippen LogP contribution is 2.55. The molecule has 9 nitrogen and oxygen atoms in total. The monoisotopic (exact) mass is 515 g/mol. The average Bonchev–Trinajstić information content (AvgIpc) is 3.55. The molecule has 37 heavy (non-hydrogen) atoms. The molecule has 4 aliphatic rings. The van der Waals surface area contributed by atoms with E-state index in [0.717, 1.165) is 49.2 Å². The average molecular weight is 516 g/mol.